The van der Waals surface area contributed by atoms with Crippen LogP contribution in [-0.4, -0.2) is 69.4 Å². The van der Waals surface area contributed by atoms with Crippen LogP contribution in [0.1, 0.15) is 49.9 Å². The molecule has 236 valence electrons. The van der Waals surface area contributed by atoms with Gasteiger partial charge in [0, 0.05) is 44.0 Å². The molecule has 1 fully saturated rings. The number of carbonyl (C=O) groups excluding carboxylic acids is 2. The van der Waals surface area contributed by atoms with Crippen molar-refractivity contribution in [3.8, 4) is 23.0 Å². The highest BCUT2D eigenvalue weighted by Crippen LogP contribution is 2.38. The molecular weight excluding hydrogens is 560 g/mol. The van der Waals surface area contributed by atoms with Crippen molar-refractivity contribution >= 4 is 23.3 Å². The first-order valence-electron chi connectivity index (χ1n) is 15.2. The number of hydrogen-bond donors (Lipinski definition) is 3. The monoisotopic (exact) mass is 604 g/mol. The highest BCUT2D eigenvalue weighted by Gasteiger charge is 2.20. The Morgan fingerprint density at radius 3 is 2.20 bits per heavy atom. The lowest BCUT2D eigenvalue weighted by atomic mass is 10.1. The van der Waals surface area contributed by atoms with Gasteiger partial charge in [0.1, 0.15) is 17.6 Å². The Morgan fingerprint density at radius 2 is 1.57 bits per heavy atom. The molecule has 0 aliphatic carbocycles. The van der Waals surface area contributed by atoms with E-state index in [1.165, 1.54) is 7.11 Å². The van der Waals surface area contributed by atoms with Gasteiger partial charge in [-0.15, -0.1) is 0 Å². The number of amides is 3. The smallest absolute Gasteiger partial charge is 0.319 e. The second-order valence-electron chi connectivity index (χ2n) is 10.7. The van der Waals surface area contributed by atoms with E-state index in [1.54, 1.807) is 61.7 Å². The fourth-order valence-electron chi connectivity index (χ4n) is 5.03. The third kappa shape index (κ3) is 9.36. The minimum absolute atomic E-state index is 0.0954. The average Bonchev–Trinajstić information content (AvgIpc) is 3.04. The number of piperidine rings is 1. The van der Waals surface area contributed by atoms with E-state index in [-0.39, 0.29) is 24.1 Å². The van der Waals surface area contributed by atoms with E-state index in [9.17, 15) is 9.59 Å². The fourth-order valence-corrected chi connectivity index (χ4v) is 5.03. The van der Waals surface area contributed by atoms with Crippen LogP contribution >= 0.6 is 0 Å². The maximum absolute atomic E-state index is 12.9. The topological polar surface area (TPSA) is 110 Å². The summed E-state index contributed by atoms with van der Waals surface area (Å²) < 4.78 is 22.9. The molecule has 0 radical (unpaired) electrons. The van der Waals surface area contributed by atoms with Crippen molar-refractivity contribution in [3.05, 3.63) is 72.3 Å². The van der Waals surface area contributed by atoms with Crippen LogP contribution in [0.3, 0.4) is 0 Å². The van der Waals surface area contributed by atoms with Gasteiger partial charge in [0.25, 0.3) is 5.91 Å². The molecule has 0 saturated carbocycles. The van der Waals surface area contributed by atoms with Gasteiger partial charge in [-0.1, -0.05) is 19.9 Å². The zero-order chi connectivity index (χ0) is 31.3. The van der Waals surface area contributed by atoms with Crippen LogP contribution in [0.25, 0.3) is 0 Å². The summed E-state index contributed by atoms with van der Waals surface area (Å²) in [6.45, 7) is 7.74. The molecule has 0 unspecified atom stereocenters. The lowest BCUT2D eigenvalue weighted by Crippen LogP contribution is -2.39. The van der Waals surface area contributed by atoms with Gasteiger partial charge < -0.3 is 39.8 Å². The van der Waals surface area contributed by atoms with Gasteiger partial charge in [-0.2, -0.15) is 0 Å². The molecule has 0 atom stereocenters. The maximum atomic E-state index is 12.9. The van der Waals surface area contributed by atoms with E-state index in [0.717, 1.165) is 57.7 Å². The molecule has 3 N–H and O–H groups in total. The second kappa shape index (κ2) is 16.5. The second-order valence-corrected chi connectivity index (χ2v) is 10.7. The number of likely N-dealkylation sites (tertiary alicyclic amines) is 1. The summed E-state index contributed by atoms with van der Waals surface area (Å²) in [5, 5.41) is 8.72. The molecule has 0 bridgehead atoms. The Bertz CT molecular complexity index is 1340. The molecule has 3 aromatic rings. The number of anilines is 2. The summed E-state index contributed by atoms with van der Waals surface area (Å²) in [5.74, 6) is 1.95. The molecule has 3 amide bonds. The standard InChI is InChI=1S/C34H44N4O6/c1-5-25(6-2)36-34(40)37-30-8-7-9-31(32(30)42-4)44-28-16-12-26(13-17-28)35-33(39)24-10-14-27(15-11-24)43-29-18-20-38(21-19-29)22-23-41-3/h7-17,25,29H,5-6,18-23H2,1-4H3,(H,35,39)(H2,36,37,40). The van der Waals surface area contributed by atoms with Crippen LogP contribution in [0.2, 0.25) is 0 Å². The van der Waals surface area contributed by atoms with Crippen LogP contribution < -0.4 is 30.2 Å². The number of nitrogens with one attached hydrogen (secondary N) is 3. The Morgan fingerprint density at radius 1 is 0.886 bits per heavy atom. The van der Waals surface area contributed by atoms with Crippen molar-refractivity contribution in [1.29, 1.82) is 0 Å². The predicted octanol–water partition coefficient (Wildman–Crippen LogP) is 6.54. The average molecular weight is 605 g/mol. The number of hydrogen-bond acceptors (Lipinski definition) is 7. The van der Waals surface area contributed by atoms with Crippen LogP contribution in [0.4, 0.5) is 16.2 Å². The fraction of sp³-hybridized carbons (Fsp3) is 0.412. The summed E-state index contributed by atoms with van der Waals surface area (Å²) in [6.07, 6.45) is 3.80. The van der Waals surface area contributed by atoms with Gasteiger partial charge in [-0.3, -0.25) is 4.79 Å². The van der Waals surface area contributed by atoms with Crippen LogP contribution in [-0.2, 0) is 4.74 Å². The number of carbonyl (C=O) groups is 2. The van der Waals surface area contributed by atoms with Crippen LogP contribution in [0, 0.1) is 0 Å². The number of para-hydroxylation sites is 1. The number of urea groups is 1. The zero-order valence-corrected chi connectivity index (χ0v) is 26.1. The molecule has 1 heterocycles. The Hall–Kier alpha value is -4.28. The zero-order valence-electron chi connectivity index (χ0n) is 26.1. The van der Waals surface area contributed by atoms with Gasteiger partial charge in [0.15, 0.2) is 11.5 Å². The molecule has 3 aromatic carbocycles. The Balaban J connectivity index is 1.29. The summed E-state index contributed by atoms with van der Waals surface area (Å²) >= 11 is 0. The third-order valence-corrected chi connectivity index (χ3v) is 7.66. The lowest BCUT2D eigenvalue weighted by Gasteiger charge is -2.31. The number of benzene rings is 3. The number of methoxy groups -OCH3 is 2. The predicted molar refractivity (Wildman–Crippen MR) is 172 cm³/mol. The quantitative estimate of drug-likeness (QED) is 0.192. The SMILES string of the molecule is CCC(CC)NC(=O)Nc1cccc(Oc2ccc(NC(=O)c3ccc(OC4CCN(CCOC)CC4)cc3)cc2)c1OC. The first-order valence-corrected chi connectivity index (χ1v) is 15.2. The number of ether oxygens (including phenoxy) is 4. The Labute approximate surface area is 260 Å². The maximum Gasteiger partial charge on any atom is 0.319 e. The van der Waals surface area contributed by atoms with Crippen molar-refractivity contribution < 1.29 is 28.5 Å². The minimum atomic E-state index is -0.300. The highest BCUT2D eigenvalue weighted by atomic mass is 16.5. The van der Waals surface area contributed by atoms with Crippen LogP contribution in [0.15, 0.2) is 66.7 Å². The molecule has 44 heavy (non-hydrogen) atoms. The van der Waals surface area contributed by atoms with E-state index in [1.807, 2.05) is 26.0 Å². The van der Waals surface area contributed by atoms with Crippen molar-refractivity contribution in [3.63, 3.8) is 0 Å². The van der Waals surface area contributed by atoms with E-state index in [0.29, 0.717) is 34.2 Å². The van der Waals surface area contributed by atoms with Crippen molar-refractivity contribution in [1.82, 2.24) is 10.2 Å². The molecule has 1 saturated heterocycles. The summed E-state index contributed by atoms with van der Waals surface area (Å²) in [4.78, 5) is 27.7. The molecule has 10 nitrogen and oxygen atoms in total. The van der Waals surface area contributed by atoms with Crippen molar-refractivity contribution in [2.45, 2.75) is 51.7 Å². The molecule has 1 aliphatic heterocycles. The van der Waals surface area contributed by atoms with Crippen molar-refractivity contribution in [2.75, 3.05) is 51.1 Å². The summed E-state index contributed by atoms with van der Waals surface area (Å²) in [7, 11) is 3.25. The first-order chi connectivity index (χ1) is 21.4. The molecule has 0 aromatic heterocycles. The van der Waals surface area contributed by atoms with Gasteiger partial charge in [-0.25, -0.2) is 4.79 Å². The van der Waals surface area contributed by atoms with E-state index >= 15 is 0 Å². The van der Waals surface area contributed by atoms with Crippen LogP contribution in [0.5, 0.6) is 23.0 Å². The first kappa shape index (κ1) is 32.6. The van der Waals surface area contributed by atoms with Gasteiger partial charge in [0.05, 0.1) is 19.4 Å². The molecule has 1 aliphatic rings. The van der Waals surface area contributed by atoms with Gasteiger partial charge in [0.2, 0.25) is 0 Å². The summed E-state index contributed by atoms with van der Waals surface area (Å²) in [6, 6.07) is 19.4. The number of nitrogens with zero attached hydrogens (tertiary/aromatic N) is 1. The minimum Gasteiger partial charge on any atom is -0.491 e. The van der Waals surface area contributed by atoms with Gasteiger partial charge >= 0.3 is 6.03 Å². The molecule has 0 spiro atoms. The molecule has 10 heteroatoms. The number of rotatable bonds is 14. The highest BCUT2D eigenvalue weighted by molar-refractivity contribution is 6.04. The van der Waals surface area contributed by atoms with Crippen molar-refractivity contribution in [2.24, 2.45) is 0 Å². The summed E-state index contributed by atoms with van der Waals surface area (Å²) in [5.41, 5.74) is 1.66. The van der Waals surface area contributed by atoms with E-state index < -0.39 is 0 Å². The third-order valence-electron chi connectivity index (χ3n) is 7.66. The largest absolute Gasteiger partial charge is 0.491 e. The normalized spacial score (nSPS) is 13.8. The molecular formula is C34H44N4O6. The van der Waals surface area contributed by atoms with E-state index in [4.69, 9.17) is 18.9 Å². The van der Waals surface area contributed by atoms with Gasteiger partial charge in [-0.05, 0) is 86.3 Å². The Kier molecular flexibility index (Phi) is 12.3. The lowest BCUT2D eigenvalue weighted by molar-refractivity contribution is 0.0797. The van der Waals surface area contributed by atoms with E-state index in [2.05, 4.69) is 20.9 Å². The molecule has 4 rings (SSSR count).